The van der Waals surface area contributed by atoms with Gasteiger partial charge in [-0.15, -0.1) is 0 Å². The van der Waals surface area contributed by atoms with E-state index >= 15 is 0 Å². The third kappa shape index (κ3) is 4.25. The molecule has 0 unspecified atom stereocenters. The Morgan fingerprint density at radius 1 is 1.35 bits per heavy atom. The van der Waals surface area contributed by atoms with Crippen molar-refractivity contribution in [1.29, 1.82) is 0 Å². The van der Waals surface area contributed by atoms with Crippen LogP contribution in [0, 0.1) is 0 Å². The number of amides is 1. The number of aromatic nitrogens is 2. The Balaban J connectivity index is 1.66. The SMILES string of the molecule is CCCCCCCCNC(=O)c1cc2n(n1)CCCO2. The molecule has 20 heavy (non-hydrogen) atoms. The molecule has 0 bridgehead atoms. The van der Waals surface area contributed by atoms with Gasteiger partial charge < -0.3 is 10.1 Å². The highest BCUT2D eigenvalue weighted by Gasteiger charge is 2.17. The number of ether oxygens (including phenoxy) is 1. The number of carbonyl (C=O) groups excluding carboxylic acids is 1. The Morgan fingerprint density at radius 3 is 2.95 bits per heavy atom. The van der Waals surface area contributed by atoms with Crippen LogP contribution in [0.1, 0.15) is 62.4 Å². The lowest BCUT2D eigenvalue weighted by molar-refractivity contribution is 0.0947. The van der Waals surface area contributed by atoms with E-state index in [1.807, 2.05) is 0 Å². The van der Waals surface area contributed by atoms with Crippen LogP contribution in [0.15, 0.2) is 6.07 Å². The molecule has 5 nitrogen and oxygen atoms in total. The molecule has 112 valence electrons. The third-order valence-corrected chi connectivity index (χ3v) is 3.56. The van der Waals surface area contributed by atoms with E-state index in [0.29, 0.717) is 18.2 Å². The summed E-state index contributed by atoms with van der Waals surface area (Å²) < 4.78 is 7.22. The normalized spacial score (nSPS) is 13.7. The molecule has 0 aliphatic carbocycles. The molecule has 0 atom stereocenters. The average Bonchev–Trinajstić information content (AvgIpc) is 2.90. The van der Waals surface area contributed by atoms with Gasteiger partial charge in [-0.3, -0.25) is 4.79 Å². The van der Waals surface area contributed by atoms with Crippen molar-refractivity contribution in [1.82, 2.24) is 15.1 Å². The van der Waals surface area contributed by atoms with Crippen LogP contribution in [0.3, 0.4) is 0 Å². The van der Waals surface area contributed by atoms with Crippen LogP contribution >= 0.6 is 0 Å². The first-order chi connectivity index (χ1) is 9.81. The number of rotatable bonds is 8. The van der Waals surface area contributed by atoms with Gasteiger partial charge in [-0.25, -0.2) is 4.68 Å². The number of aryl methyl sites for hydroxylation is 1. The second-order valence-electron chi connectivity index (χ2n) is 5.32. The number of fused-ring (bicyclic) bond motifs is 1. The smallest absolute Gasteiger partial charge is 0.271 e. The number of carbonyl (C=O) groups is 1. The Morgan fingerprint density at radius 2 is 2.15 bits per heavy atom. The maximum Gasteiger partial charge on any atom is 0.271 e. The standard InChI is InChI=1S/C15H25N3O2/c1-2-3-4-5-6-7-9-16-15(19)13-12-14-18(17-13)10-8-11-20-14/h12H,2-11H2,1H3,(H,16,19). The summed E-state index contributed by atoms with van der Waals surface area (Å²) in [5, 5.41) is 7.20. The summed E-state index contributed by atoms with van der Waals surface area (Å²) in [5.74, 6) is 0.616. The molecule has 1 aliphatic heterocycles. The maximum absolute atomic E-state index is 12.0. The average molecular weight is 279 g/mol. The van der Waals surface area contributed by atoms with Crippen LogP contribution in [-0.4, -0.2) is 28.8 Å². The summed E-state index contributed by atoms with van der Waals surface area (Å²) in [6, 6.07) is 1.73. The summed E-state index contributed by atoms with van der Waals surface area (Å²) in [7, 11) is 0. The van der Waals surface area contributed by atoms with E-state index in [1.165, 1.54) is 32.1 Å². The molecule has 0 saturated heterocycles. The molecule has 0 saturated carbocycles. The van der Waals surface area contributed by atoms with Gasteiger partial charge in [-0.2, -0.15) is 5.10 Å². The molecule has 1 aromatic rings. The largest absolute Gasteiger partial charge is 0.478 e. The first kappa shape index (κ1) is 14.9. The molecule has 0 radical (unpaired) electrons. The van der Waals surface area contributed by atoms with Crippen molar-refractivity contribution in [2.75, 3.05) is 13.2 Å². The third-order valence-electron chi connectivity index (χ3n) is 3.56. The minimum absolute atomic E-state index is 0.0935. The molecular formula is C15H25N3O2. The fraction of sp³-hybridized carbons (Fsp3) is 0.733. The van der Waals surface area contributed by atoms with Crippen molar-refractivity contribution in [2.45, 2.75) is 58.4 Å². The summed E-state index contributed by atoms with van der Waals surface area (Å²) in [4.78, 5) is 12.0. The van der Waals surface area contributed by atoms with Crippen LogP contribution in [0.2, 0.25) is 0 Å². The van der Waals surface area contributed by atoms with Crippen molar-refractivity contribution in [3.05, 3.63) is 11.8 Å². The van der Waals surface area contributed by atoms with Gasteiger partial charge in [-0.1, -0.05) is 39.0 Å². The first-order valence-electron chi connectivity index (χ1n) is 7.80. The molecule has 2 rings (SSSR count). The predicted octanol–water partition coefficient (Wildman–Crippen LogP) is 2.76. The number of hydrogen-bond acceptors (Lipinski definition) is 3. The minimum atomic E-state index is -0.0935. The van der Waals surface area contributed by atoms with E-state index in [-0.39, 0.29) is 5.91 Å². The van der Waals surface area contributed by atoms with E-state index in [0.717, 1.165) is 25.9 Å². The number of nitrogens with one attached hydrogen (secondary N) is 1. The van der Waals surface area contributed by atoms with Crippen molar-refractivity contribution in [2.24, 2.45) is 0 Å². The van der Waals surface area contributed by atoms with Gasteiger partial charge >= 0.3 is 0 Å². The molecule has 0 fully saturated rings. The quantitative estimate of drug-likeness (QED) is 0.744. The zero-order chi connectivity index (χ0) is 14.2. The lowest BCUT2D eigenvalue weighted by Crippen LogP contribution is -2.25. The zero-order valence-electron chi connectivity index (χ0n) is 12.4. The van der Waals surface area contributed by atoms with Gasteiger partial charge in [0, 0.05) is 25.6 Å². The van der Waals surface area contributed by atoms with Crippen LogP contribution in [-0.2, 0) is 6.54 Å². The van der Waals surface area contributed by atoms with E-state index in [1.54, 1.807) is 10.7 Å². The van der Waals surface area contributed by atoms with Crippen LogP contribution < -0.4 is 10.1 Å². The fourth-order valence-electron chi connectivity index (χ4n) is 2.38. The van der Waals surface area contributed by atoms with Gasteiger partial charge in [0.1, 0.15) is 0 Å². The molecule has 2 heterocycles. The summed E-state index contributed by atoms with van der Waals surface area (Å²) in [5.41, 5.74) is 0.466. The Bertz CT molecular complexity index is 405. The van der Waals surface area contributed by atoms with Crippen molar-refractivity contribution >= 4 is 5.91 Å². The molecule has 1 N–H and O–H groups in total. The summed E-state index contributed by atoms with van der Waals surface area (Å²) in [6.45, 7) is 4.49. The lowest BCUT2D eigenvalue weighted by Gasteiger charge is -2.13. The van der Waals surface area contributed by atoms with Gasteiger partial charge in [0.05, 0.1) is 6.61 Å². The van der Waals surface area contributed by atoms with E-state index < -0.39 is 0 Å². The van der Waals surface area contributed by atoms with Crippen LogP contribution in [0.5, 0.6) is 5.88 Å². The number of nitrogens with zero attached hydrogens (tertiary/aromatic N) is 2. The molecule has 1 aromatic heterocycles. The molecular weight excluding hydrogens is 254 g/mol. The van der Waals surface area contributed by atoms with Crippen molar-refractivity contribution in [3.63, 3.8) is 0 Å². The van der Waals surface area contributed by atoms with Crippen LogP contribution in [0.4, 0.5) is 0 Å². The van der Waals surface area contributed by atoms with E-state index in [9.17, 15) is 4.79 Å². The lowest BCUT2D eigenvalue weighted by atomic mass is 10.1. The second kappa shape index (κ2) is 7.92. The zero-order valence-corrected chi connectivity index (χ0v) is 12.4. The first-order valence-corrected chi connectivity index (χ1v) is 7.80. The monoisotopic (exact) mass is 279 g/mol. The number of unbranched alkanes of at least 4 members (excludes halogenated alkanes) is 5. The molecule has 0 spiro atoms. The highest BCUT2D eigenvalue weighted by atomic mass is 16.5. The fourth-order valence-corrected chi connectivity index (χ4v) is 2.38. The molecule has 5 heteroatoms. The van der Waals surface area contributed by atoms with Crippen molar-refractivity contribution < 1.29 is 9.53 Å². The highest BCUT2D eigenvalue weighted by Crippen LogP contribution is 2.18. The molecule has 1 amide bonds. The Hall–Kier alpha value is -1.52. The van der Waals surface area contributed by atoms with Gasteiger partial charge in [0.15, 0.2) is 5.69 Å². The van der Waals surface area contributed by atoms with Crippen LogP contribution in [0.25, 0.3) is 0 Å². The topological polar surface area (TPSA) is 56.2 Å². The second-order valence-corrected chi connectivity index (χ2v) is 5.32. The maximum atomic E-state index is 12.0. The van der Waals surface area contributed by atoms with Gasteiger partial charge in [0.2, 0.25) is 5.88 Å². The van der Waals surface area contributed by atoms with E-state index in [2.05, 4.69) is 17.3 Å². The Labute approximate surface area is 120 Å². The van der Waals surface area contributed by atoms with Gasteiger partial charge in [-0.05, 0) is 6.42 Å². The van der Waals surface area contributed by atoms with Gasteiger partial charge in [0.25, 0.3) is 5.91 Å². The highest BCUT2D eigenvalue weighted by molar-refractivity contribution is 5.92. The molecule has 0 aromatic carbocycles. The minimum Gasteiger partial charge on any atom is -0.478 e. The predicted molar refractivity (Wildman–Crippen MR) is 78.0 cm³/mol. The molecule has 1 aliphatic rings. The van der Waals surface area contributed by atoms with E-state index in [4.69, 9.17) is 4.74 Å². The summed E-state index contributed by atoms with van der Waals surface area (Å²) in [6.07, 6.45) is 8.32. The summed E-state index contributed by atoms with van der Waals surface area (Å²) >= 11 is 0. The Kier molecular flexibility index (Phi) is 5.89. The van der Waals surface area contributed by atoms with Crippen molar-refractivity contribution in [3.8, 4) is 5.88 Å². The number of hydrogen-bond donors (Lipinski definition) is 1.